The standard InChI is InChI=1S/C22H22N4OS/c1-16-7-9-17(10-8-16)14-26-20(18-5-4-6-19(13-18)27-2)21(22(24-26)28-3)25-12-11-23-15-25/h4-13,15H,14H2,1-3H3. The fraction of sp³-hybridized carbons (Fsp3) is 0.182. The molecule has 0 radical (unpaired) electrons. The highest BCUT2D eigenvalue weighted by Crippen LogP contribution is 2.35. The molecule has 4 aromatic rings. The maximum atomic E-state index is 5.46. The van der Waals surface area contributed by atoms with Crippen molar-refractivity contribution in [3.8, 4) is 22.7 Å². The largest absolute Gasteiger partial charge is 0.497 e. The molecule has 0 aliphatic rings. The first-order valence-electron chi connectivity index (χ1n) is 9.02. The second-order valence-electron chi connectivity index (χ2n) is 6.55. The van der Waals surface area contributed by atoms with Gasteiger partial charge in [0.05, 0.1) is 25.7 Å². The van der Waals surface area contributed by atoms with Crippen molar-refractivity contribution in [1.82, 2.24) is 19.3 Å². The molecule has 2 aromatic carbocycles. The van der Waals surface area contributed by atoms with Crippen LogP contribution in [0.4, 0.5) is 0 Å². The Morgan fingerprint density at radius 3 is 2.61 bits per heavy atom. The van der Waals surface area contributed by atoms with Crippen LogP contribution < -0.4 is 4.74 Å². The van der Waals surface area contributed by atoms with Crippen molar-refractivity contribution in [3.05, 3.63) is 78.4 Å². The van der Waals surface area contributed by atoms with E-state index in [0.29, 0.717) is 6.54 Å². The van der Waals surface area contributed by atoms with Gasteiger partial charge < -0.3 is 9.30 Å². The van der Waals surface area contributed by atoms with Crippen LogP contribution in [0.1, 0.15) is 11.1 Å². The van der Waals surface area contributed by atoms with Gasteiger partial charge in [0.2, 0.25) is 0 Å². The van der Waals surface area contributed by atoms with Gasteiger partial charge in [0, 0.05) is 18.0 Å². The van der Waals surface area contributed by atoms with E-state index in [9.17, 15) is 0 Å². The molecule has 0 bridgehead atoms. The van der Waals surface area contributed by atoms with Gasteiger partial charge in [-0.1, -0.05) is 42.0 Å². The zero-order valence-electron chi connectivity index (χ0n) is 16.2. The van der Waals surface area contributed by atoms with Gasteiger partial charge in [0.25, 0.3) is 0 Å². The molecule has 0 fully saturated rings. The number of aryl methyl sites for hydroxylation is 1. The van der Waals surface area contributed by atoms with Crippen molar-refractivity contribution in [3.63, 3.8) is 0 Å². The number of aromatic nitrogens is 4. The Kier molecular flexibility index (Phi) is 5.21. The monoisotopic (exact) mass is 390 g/mol. The number of benzene rings is 2. The third-order valence-corrected chi connectivity index (χ3v) is 5.31. The third kappa shape index (κ3) is 3.55. The summed E-state index contributed by atoms with van der Waals surface area (Å²) in [4.78, 5) is 4.24. The van der Waals surface area contributed by atoms with E-state index in [1.54, 1.807) is 25.1 Å². The second-order valence-corrected chi connectivity index (χ2v) is 7.35. The number of imidazole rings is 1. The summed E-state index contributed by atoms with van der Waals surface area (Å²) in [6.07, 6.45) is 7.61. The minimum absolute atomic E-state index is 0.690. The first kappa shape index (κ1) is 18.4. The van der Waals surface area contributed by atoms with Crippen LogP contribution in [0, 0.1) is 6.92 Å². The number of ether oxygens (including phenoxy) is 1. The normalized spacial score (nSPS) is 11.0. The van der Waals surface area contributed by atoms with Gasteiger partial charge in [-0.3, -0.25) is 4.68 Å². The van der Waals surface area contributed by atoms with Crippen LogP contribution in [0.5, 0.6) is 5.75 Å². The molecule has 0 spiro atoms. The summed E-state index contributed by atoms with van der Waals surface area (Å²) in [5.74, 6) is 0.822. The van der Waals surface area contributed by atoms with E-state index >= 15 is 0 Å². The van der Waals surface area contributed by atoms with E-state index in [-0.39, 0.29) is 0 Å². The van der Waals surface area contributed by atoms with E-state index in [0.717, 1.165) is 27.7 Å². The molecule has 2 aromatic heterocycles. The molecule has 28 heavy (non-hydrogen) atoms. The average molecular weight is 391 g/mol. The predicted molar refractivity (Wildman–Crippen MR) is 113 cm³/mol. The fourth-order valence-corrected chi connectivity index (χ4v) is 3.80. The summed E-state index contributed by atoms with van der Waals surface area (Å²) >= 11 is 1.63. The Balaban J connectivity index is 1.90. The topological polar surface area (TPSA) is 44.9 Å². The van der Waals surface area contributed by atoms with Crippen LogP contribution in [0.3, 0.4) is 0 Å². The van der Waals surface area contributed by atoms with E-state index in [2.05, 4.69) is 46.9 Å². The number of rotatable bonds is 6. The van der Waals surface area contributed by atoms with Crippen molar-refractivity contribution in [2.24, 2.45) is 0 Å². The third-order valence-electron chi connectivity index (χ3n) is 4.65. The van der Waals surface area contributed by atoms with Gasteiger partial charge in [-0.2, -0.15) is 5.10 Å². The molecule has 0 aliphatic heterocycles. The quantitative estimate of drug-likeness (QED) is 0.443. The van der Waals surface area contributed by atoms with Crippen molar-refractivity contribution >= 4 is 11.8 Å². The molecule has 0 atom stereocenters. The van der Waals surface area contributed by atoms with E-state index < -0.39 is 0 Å². The summed E-state index contributed by atoms with van der Waals surface area (Å²) in [6, 6.07) is 16.7. The van der Waals surface area contributed by atoms with Crippen LogP contribution >= 0.6 is 11.8 Å². The number of hydrogen-bond donors (Lipinski definition) is 0. The van der Waals surface area contributed by atoms with Gasteiger partial charge in [0.1, 0.15) is 16.5 Å². The Hall–Kier alpha value is -2.99. The molecule has 0 aliphatic carbocycles. The van der Waals surface area contributed by atoms with Gasteiger partial charge >= 0.3 is 0 Å². The molecule has 4 rings (SSSR count). The van der Waals surface area contributed by atoms with Crippen molar-refractivity contribution in [1.29, 1.82) is 0 Å². The Morgan fingerprint density at radius 1 is 1.11 bits per heavy atom. The molecular weight excluding hydrogens is 368 g/mol. The van der Waals surface area contributed by atoms with E-state index in [4.69, 9.17) is 9.84 Å². The van der Waals surface area contributed by atoms with E-state index in [1.165, 1.54) is 11.1 Å². The highest BCUT2D eigenvalue weighted by atomic mass is 32.2. The maximum absolute atomic E-state index is 5.46. The number of methoxy groups -OCH3 is 1. The summed E-state index contributed by atoms with van der Waals surface area (Å²) in [6.45, 7) is 2.79. The second kappa shape index (κ2) is 7.94. The van der Waals surface area contributed by atoms with Crippen LogP contribution in [-0.2, 0) is 6.54 Å². The Bertz CT molecular complexity index is 1070. The van der Waals surface area contributed by atoms with Crippen molar-refractivity contribution in [2.75, 3.05) is 13.4 Å². The number of nitrogens with zero attached hydrogens (tertiary/aromatic N) is 4. The lowest BCUT2D eigenvalue weighted by atomic mass is 10.1. The number of thioether (sulfide) groups is 1. The van der Waals surface area contributed by atoms with Crippen LogP contribution in [0.2, 0.25) is 0 Å². The van der Waals surface area contributed by atoms with Gasteiger partial charge in [-0.25, -0.2) is 4.98 Å². The van der Waals surface area contributed by atoms with Gasteiger partial charge in [0.15, 0.2) is 0 Å². The molecule has 2 heterocycles. The minimum atomic E-state index is 0.690. The molecule has 0 amide bonds. The Morgan fingerprint density at radius 2 is 1.93 bits per heavy atom. The van der Waals surface area contributed by atoms with Gasteiger partial charge in [-0.05, 0) is 30.9 Å². The molecule has 5 nitrogen and oxygen atoms in total. The number of hydrogen-bond acceptors (Lipinski definition) is 4. The van der Waals surface area contributed by atoms with E-state index in [1.807, 2.05) is 41.5 Å². The smallest absolute Gasteiger partial charge is 0.143 e. The lowest BCUT2D eigenvalue weighted by Gasteiger charge is -2.12. The van der Waals surface area contributed by atoms with Crippen LogP contribution in [0.15, 0.2) is 72.3 Å². The molecule has 0 saturated heterocycles. The molecule has 142 valence electrons. The SMILES string of the molecule is COc1cccc(-c2c(-n3ccnc3)c(SC)nn2Cc2ccc(C)cc2)c1. The first-order chi connectivity index (χ1) is 13.7. The molecule has 6 heteroatoms. The summed E-state index contributed by atoms with van der Waals surface area (Å²) < 4.78 is 9.55. The van der Waals surface area contributed by atoms with Crippen molar-refractivity contribution in [2.45, 2.75) is 18.5 Å². The first-order valence-corrected chi connectivity index (χ1v) is 10.2. The zero-order chi connectivity index (χ0) is 19.5. The zero-order valence-corrected chi connectivity index (χ0v) is 17.0. The summed E-state index contributed by atoms with van der Waals surface area (Å²) in [5, 5.41) is 5.89. The molecule has 0 N–H and O–H groups in total. The van der Waals surface area contributed by atoms with Crippen molar-refractivity contribution < 1.29 is 4.74 Å². The average Bonchev–Trinajstić information content (AvgIpc) is 3.37. The summed E-state index contributed by atoms with van der Waals surface area (Å²) in [7, 11) is 1.69. The summed E-state index contributed by atoms with van der Waals surface area (Å²) in [5.41, 5.74) is 5.60. The molecular formula is C22H22N4OS. The highest BCUT2D eigenvalue weighted by molar-refractivity contribution is 7.98. The maximum Gasteiger partial charge on any atom is 0.143 e. The van der Waals surface area contributed by atoms with Gasteiger partial charge in [-0.15, -0.1) is 11.8 Å². The highest BCUT2D eigenvalue weighted by Gasteiger charge is 2.21. The lowest BCUT2D eigenvalue weighted by molar-refractivity contribution is 0.415. The molecule has 0 saturated carbocycles. The van der Waals surface area contributed by atoms with Crippen LogP contribution in [-0.4, -0.2) is 32.7 Å². The van der Waals surface area contributed by atoms with Crippen LogP contribution in [0.25, 0.3) is 16.9 Å². The fourth-order valence-electron chi connectivity index (χ4n) is 3.23. The minimum Gasteiger partial charge on any atom is -0.497 e. The molecule has 0 unspecified atom stereocenters. The lowest BCUT2D eigenvalue weighted by Crippen LogP contribution is -2.05. The Labute approximate surface area is 169 Å². The predicted octanol–water partition coefficient (Wildman–Crippen LogP) is 4.82.